The van der Waals surface area contributed by atoms with Gasteiger partial charge in [0.1, 0.15) is 0 Å². The first-order chi connectivity index (χ1) is 10.1. The maximum atomic E-state index is 5.02. The molecule has 4 rings (SSSR count). The summed E-state index contributed by atoms with van der Waals surface area (Å²) in [6.07, 6.45) is 5.67. The number of thiophene rings is 1. The molecule has 0 spiro atoms. The molecule has 5 heteroatoms. The van der Waals surface area contributed by atoms with E-state index in [-0.39, 0.29) is 5.54 Å². The Morgan fingerprint density at radius 3 is 3.00 bits per heavy atom. The van der Waals surface area contributed by atoms with E-state index in [0.29, 0.717) is 5.92 Å². The van der Waals surface area contributed by atoms with E-state index in [0.717, 1.165) is 16.9 Å². The third kappa shape index (κ3) is 1.84. The van der Waals surface area contributed by atoms with Crippen LogP contribution < -0.4 is 0 Å². The van der Waals surface area contributed by atoms with E-state index in [1.54, 1.807) is 22.0 Å². The third-order valence-corrected chi connectivity index (χ3v) is 5.29. The van der Waals surface area contributed by atoms with Gasteiger partial charge in [-0.1, -0.05) is 6.92 Å². The van der Waals surface area contributed by atoms with Crippen molar-refractivity contribution in [3.8, 4) is 0 Å². The first-order valence-corrected chi connectivity index (χ1v) is 7.91. The molecule has 0 saturated heterocycles. The summed E-state index contributed by atoms with van der Waals surface area (Å²) in [5.74, 6) is 0.420. The second kappa shape index (κ2) is 4.24. The number of fused-ring (bicyclic) bond motifs is 2. The van der Waals surface area contributed by atoms with Crippen LogP contribution in [0.4, 0.5) is 0 Å². The smallest absolute Gasteiger partial charge is 0.154 e. The van der Waals surface area contributed by atoms with Crippen LogP contribution in [0.15, 0.2) is 41.1 Å². The van der Waals surface area contributed by atoms with Crippen LogP contribution in [-0.2, 0) is 0 Å². The van der Waals surface area contributed by atoms with Crippen molar-refractivity contribution in [1.82, 2.24) is 14.6 Å². The highest BCUT2D eigenvalue weighted by Gasteiger charge is 2.35. The van der Waals surface area contributed by atoms with Crippen LogP contribution in [-0.4, -0.2) is 25.8 Å². The van der Waals surface area contributed by atoms with Crippen molar-refractivity contribution in [2.75, 3.05) is 0 Å². The maximum absolute atomic E-state index is 5.02. The van der Waals surface area contributed by atoms with Gasteiger partial charge in [-0.05, 0) is 30.9 Å². The summed E-state index contributed by atoms with van der Waals surface area (Å²) in [5, 5.41) is 6.42. The third-order valence-electron chi connectivity index (χ3n) is 4.36. The van der Waals surface area contributed by atoms with E-state index < -0.39 is 0 Å². The summed E-state index contributed by atoms with van der Waals surface area (Å²) >= 11 is 1.75. The van der Waals surface area contributed by atoms with Crippen molar-refractivity contribution in [3.63, 3.8) is 0 Å². The van der Waals surface area contributed by atoms with Crippen LogP contribution in [0.5, 0.6) is 0 Å². The van der Waals surface area contributed by atoms with E-state index in [4.69, 9.17) is 4.99 Å². The van der Waals surface area contributed by atoms with Gasteiger partial charge in [0.15, 0.2) is 5.65 Å². The summed E-state index contributed by atoms with van der Waals surface area (Å²) in [5.41, 5.74) is 4.19. The first-order valence-electron chi connectivity index (χ1n) is 7.03. The molecule has 0 aliphatic carbocycles. The predicted molar refractivity (Wildman–Crippen MR) is 85.4 cm³/mol. The highest BCUT2D eigenvalue weighted by Crippen LogP contribution is 2.41. The lowest BCUT2D eigenvalue weighted by Gasteiger charge is -2.33. The molecule has 0 aromatic carbocycles. The van der Waals surface area contributed by atoms with Gasteiger partial charge in [0.2, 0.25) is 0 Å². The van der Waals surface area contributed by atoms with Gasteiger partial charge in [-0.15, -0.1) is 11.3 Å². The van der Waals surface area contributed by atoms with Gasteiger partial charge in [-0.3, -0.25) is 4.99 Å². The molecule has 21 heavy (non-hydrogen) atoms. The molecule has 0 bridgehead atoms. The minimum atomic E-state index is -0.109. The highest BCUT2D eigenvalue weighted by molar-refractivity contribution is 7.12. The van der Waals surface area contributed by atoms with Gasteiger partial charge in [0.05, 0.1) is 22.3 Å². The molecule has 1 atom stereocenters. The number of rotatable bonds is 1. The number of hydrogen-bond acceptors (Lipinski definition) is 4. The zero-order valence-electron chi connectivity index (χ0n) is 12.2. The SMILES string of the molecule is CC1c2ccsc2C(c2cnc3ccnn3c2)=NC1(C)C. The molecular formula is C16H16N4S. The second-order valence-electron chi connectivity index (χ2n) is 6.02. The molecule has 0 amide bonds. The van der Waals surface area contributed by atoms with Gasteiger partial charge in [-0.25, -0.2) is 9.50 Å². The monoisotopic (exact) mass is 296 g/mol. The van der Waals surface area contributed by atoms with Crippen molar-refractivity contribution in [2.24, 2.45) is 4.99 Å². The van der Waals surface area contributed by atoms with Gasteiger partial charge in [0, 0.05) is 29.9 Å². The molecule has 3 aromatic heterocycles. The summed E-state index contributed by atoms with van der Waals surface area (Å²) < 4.78 is 1.80. The summed E-state index contributed by atoms with van der Waals surface area (Å²) in [7, 11) is 0. The van der Waals surface area contributed by atoms with E-state index in [9.17, 15) is 0 Å². The van der Waals surface area contributed by atoms with E-state index in [2.05, 4.69) is 42.3 Å². The fourth-order valence-corrected chi connectivity index (χ4v) is 3.80. The summed E-state index contributed by atoms with van der Waals surface area (Å²) in [6.45, 7) is 6.64. The normalized spacial score (nSPS) is 20.3. The van der Waals surface area contributed by atoms with Crippen LogP contribution in [0.2, 0.25) is 0 Å². The highest BCUT2D eigenvalue weighted by atomic mass is 32.1. The Balaban J connectivity index is 1.94. The Hall–Kier alpha value is -2.01. The Morgan fingerprint density at radius 2 is 2.14 bits per heavy atom. The van der Waals surface area contributed by atoms with Crippen LogP contribution in [0.25, 0.3) is 5.65 Å². The van der Waals surface area contributed by atoms with Crippen LogP contribution in [0, 0.1) is 0 Å². The molecule has 0 N–H and O–H groups in total. The van der Waals surface area contributed by atoms with Crippen molar-refractivity contribution in [1.29, 1.82) is 0 Å². The molecule has 3 aromatic rings. The molecule has 0 saturated carbocycles. The molecular weight excluding hydrogens is 280 g/mol. The lowest BCUT2D eigenvalue weighted by atomic mass is 9.80. The molecule has 1 unspecified atom stereocenters. The number of aliphatic imine (C=N–C) groups is 1. The Labute approximate surface area is 127 Å². The first kappa shape index (κ1) is 12.7. The molecule has 0 radical (unpaired) electrons. The Bertz CT molecular complexity index is 856. The Kier molecular flexibility index (Phi) is 2.57. The topological polar surface area (TPSA) is 42.5 Å². The Morgan fingerprint density at radius 1 is 1.29 bits per heavy atom. The largest absolute Gasteiger partial charge is 0.276 e. The molecule has 106 valence electrons. The average Bonchev–Trinajstić information content (AvgIpc) is 3.10. The van der Waals surface area contributed by atoms with Crippen LogP contribution >= 0.6 is 11.3 Å². The van der Waals surface area contributed by atoms with Gasteiger partial charge in [-0.2, -0.15) is 5.10 Å². The summed E-state index contributed by atoms with van der Waals surface area (Å²) in [4.78, 5) is 10.7. The lowest BCUT2D eigenvalue weighted by Crippen LogP contribution is -2.32. The second-order valence-corrected chi connectivity index (χ2v) is 6.93. The number of aromatic nitrogens is 3. The fourth-order valence-electron chi connectivity index (χ4n) is 2.80. The molecule has 4 nitrogen and oxygen atoms in total. The molecule has 0 fully saturated rings. The predicted octanol–water partition coefficient (Wildman–Crippen LogP) is 3.52. The van der Waals surface area contributed by atoms with Gasteiger partial charge < -0.3 is 0 Å². The quantitative estimate of drug-likeness (QED) is 0.689. The van der Waals surface area contributed by atoms with Crippen molar-refractivity contribution >= 4 is 22.7 Å². The minimum Gasteiger partial charge on any atom is -0.276 e. The van der Waals surface area contributed by atoms with Gasteiger partial charge in [0.25, 0.3) is 0 Å². The maximum Gasteiger partial charge on any atom is 0.154 e. The number of nitrogens with zero attached hydrogens (tertiary/aromatic N) is 4. The van der Waals surface area contributed by atoms with Gasteiger partial charge >= 0.3 is 0 Å². The zero-order chi connectivity index (χ0) is 14.6. The molecule has 1 aliphatic heterocycles. The van der Waals surface area contributed by atoms with E-state index in [1.807, 2.05) is 18.5 Å². The standard InChI is InChI=1S/C16H16N4S/c1-10-12-5-7-21-15(12)14(19-16(10,2)3)11-8-17-13-4-6-18-20(13)9-11/h4-10H,1-3H3. The van der Waals surface area contributed by atoms with Crippen LogP contribution in [0.1, 0.15) is 42.7 Å². The van der Waals surface area contributed by atoms with Crippen molar-refractivity contribution in [3.05, 3.63) is 52.1 Å². The fraction of sp³-hybridized carbons (Fsp3) is 0.312. The van der Waals surface area contributed by atoms with Crippen LogP contribution in [0.3, 0.4) is 0 Å². The zero-order valence-corrected chi connectivity index (χ0v) is 13.1. The molecule has 1 aliphatic rings. The minimum absolute atomic E-state index is 0.109. The van der Waals surface area contributed by atoms with E-state index in [1.165, 1.54) is 10.4 Å². The van der Waals surface area contributed by atoms with Crippen molar-refractivity contribution in [2.45, 2.75) is 32.2 Å². The average molecular weight is 296 g/mol. The van der Waals surface area contributed by atoms with E-state index >= 15 is 0 Å². The molecule has 4 heterocycles. The summed E-state index contributed by atoms with van der Waals surface area (Å²) in [6, 6.07) is 4.12. The lowest BCUT2D eigenvalue weighted by molar-refractivity contribution is 0.433. The number of hydrogen-bond donors (Lipinski definition) is 0. The van der Waals surface area contributed by atoms with Crippen molar-refractivity contribution < 1.29 is 0 Å².